The number of nitrogens with zero attached hydrogens (tertiary/aromatic N) is 2. The SMILES string of the molecule is Cc1ccc(Oc2cc(CCl)cc(C(C)(C)C)n2)cn1. The van der Waals surface area contributed by atoms with Crippen LogP contribution in [0.5, 0.6) is 11.6 Å². The van der Waals surface area contributed by atoms with Gasteiger partial charge >= 0.3 is 0 Å². The maximum atomic E-state index is 5.95. The molecule has 3 nitrogen and oxygen atoms in total. The van der Waals surface area contributed by atoms with Crippen LogP contribution in [0.15, 0.2) is 30.5 Å². The van der Waals surface area contributed by atoms with E-state index in [2.05, 4.69) is 30.7 Å². The summed E-state index contributed by atoms with van der Waals surface area (Å²) in [6.45, 7) is 8.29. The summed E-state index contributed by atoms with van der Waals surface area (Å²) < 4.78 is 5.78. The lowest BCUT2D eigenvalue weighted by atomic mass is 9.91. The lowest BCUT2D eigenvalue weighted by molar-refractivity contribution is 0.449. The number of pyridine rings is 2. The van der Waals surface area contributed by atoms with Crippen molar-refractivity contribution < 1.29 is 4.74 Å². The molecule has 20 heavy (non-hydrogen) atoms. The summed E-state index contributed by atoms with van der Waals surface area (Å²) in [5.41, 5.74) is 2.87. The van der Waals surface area contributed by atoms with Crippen molar-refractivity contribution in [3.8, 4) is 11.6 Å². The second-order valence-corrected chi connectivity index (χ2v) is 6.09. The van der Waals surface area contributed by atoms with Crippen molar-refractivity contribution in [2.75, 3.05) is 0 Å². The molecule has 0 bridgehead atoms. The average Bonchev–Trinajstić information content (AvgIpc) is 2.40. The van der Waals surface area contributed by atoms with E-state index < -0.39 is 0 Å². The average molecular weight is 291 g/mol. The third-order valence-corrected chi connectivity index (χ3v) is 3.20. The fraction of sp³-hybridized carbons (Fsp3) is 0.375. The topological polar surface area (TPSA) is 35.0 Å². The van der Waals surface area contributed by atoms with Crippen molar-refractivity contribution in [1.82, 2.24) is 9.97 Å². The van der Waals surface area contributed by atoms with E-state index in [1.165, 1.54) is 0 Å². The highest BCUT2D eigenvalue weighted by Gasteiger charge is 2.17. The van der Waals surface area contributed by atoms with Crippen LogP contribution in [0.25, 0.3) is 0 Å². The van der Waals surface area contributed by atoms with Crippen molar-refractivity contribution in [3.63, 3.8) is 0 Å². The molecule has 2 rings (SSSR count). The number of halogens is 1. The Morgan fingerprint density at radius 1 is 1.20 bits per heavy atom. The highest BCUT2D eigenvalue weighted by molar-refractivity contribution is 6.17. The van der Waals surface area contributed by atoms with Crippen LogP contribution < -0.4 is 4.74 Å². The largest absolute Gasteiger partial charge is 0.437 e. The van der Waals surface area contributed by atoms with Crippen LogP contribution in [-0.4, -0.2) is 9.97 Å². The zero-order valence-electron chi connectivity index (χ0n) is 12.3. The molecule has 106 valence electrons. The number of hydrogen-bond donors (Lipinski definition) is 0. The van der Waals surface area contributed by atoms with Gasteiger partial charge in [-0.2, -0.15) is 0 Å². The molecule has 2 heterocycles. The third kappa shape index (κ3) is 3.70. The van der Waals surface area contributed by atoms with Crippen LogP contribution >= 0.6 is 11.6 Å². The van der Waals surface area contributed by atoms with Gasteiger partial charge in [-0.3, -0.25) is 4.98 Å². The molecule has 0 spiro atoms. The first-order chi connectivity index (χ1) is 9.38. The lowest BCUT2D eigenvalue weighted by Crippen LogP contribution is -2.14. The Kier molecular flexibility index (Phi) is 4.29. The Morgan fingerprint density at radius 2 is 1.95 bits per heavy atom. The fourth-order valence-electron chi connectivity index (χ4n) is 1.71. The van der Waals surface area contributed by atoms with Gasteiger partial charge in [-0.05, 0) is 30.7 Å². The minimum absolute atomic E-state index is 0.0499. The molecule has 0 unspecified atom stereocenters. The summed E-state index contributed by atoms with van der Waals surface area (Å²) in [6.07, 6.45) is 1.70. The smallest absolute Gasteiger partial charge is 0.219 e. The van der Waals surface area contributed by atoms with Crippen molar-refractivity contribution in [3.05, 3.63) is 47.4 Å². The predicted molar refractivity (Wildman–Crippen MR) is 81.5 cm³/mol. The molecule has 0 radical (unpaired) electrons. The molecular weight excluding hydrogens is 272 g/mol. The van der Waals surface area contributed by atoms with E-state index >= 15 is 0 Å². The minimum Gasteiger partial charge on any atom is -0.437 e. The van der Waals surface area contributed by atoms with Gasteiger partial charge in [0, 0.05) is 23.1 Å². The molecule has 0 N–H and O–H groups in total. The fourth-order valence-corrected chi connectivity index (χ4v) is 1.86. The van der Waals surface area contributed by atoms with Crippen LogP contribution in [0.4, 0.5) is 0 Å². The molecule has 0 fully saturated rings. The first-order valence-corrected chi connectivity index (χ1v) is 7.10. The Hall–Kier alpha value is -1.61. The highest BCUT2D eigenvalue weighted by Crippen LogP contribution is 2.27. The van der Waals surface area contributed by atoms with E-state index in [0.717, 1.165) is 17.0 Å². The van der Waals surface area contributed by atoms with Crippen LogP contribution in [0.3, 0.4) is 0 Å². The van der Waals surface area contributed by atoms with Crippen LogP contribution in [0.1, 0.15) is 37.7 Å². The number of aryl methyl sites for hydroxylation is 1. The van der Waals surface area contributed by atoms with Gasteiger partial charge in [0.15, 0.2) is 0 Å². The first kappa shape index (κ1) is 14.8. The summed E-state index contributed by atoms with van der Waals surface area (Å²) in [5, 5.41) is 0. The van der Waals surface area contributed by atoms with Crippen LogP contribution in [-0.2, 0) is 11.3 Å². The molecule has 4 heteroatoms. The molecule has 0 amide bonds. The van der Waals surface area contributed by atoms with E-state index in [1.807, 2.05) is 31.2 Å². The third-order valence-electron chi connectivity index (χ3n) is 2.89. The highest BCUT2D eigenvalue weighted by atomic mass is 35.5. The second kappa shape index (κ2) is 5.80. The van der Waals surface area contributed by atoms with Gasteiger partial charge in [0.1, 0.15) is 5.75 Å². The molecule has 0 aliphatic carbocycles. The standard InChI is InChI=1S/C16H19ClN2O/c1-11-5-6-13(10-18-11)20-15-8-12(9-17)7-14(19-15)16(2,3)4/h5-8,10H,9H2,1-4H3. The molecule has 2 aromatic heterocycles. The monoisotopic (exact) mass is 290 g/mol. The predicted octanol–water partition coefficient (Wildman–Crippen LogP) is 4.61. The molecule has 2 aromatic rings. The Balaban J connectivity index is 2.33. The zero-order valence-corrected chi connectivity index (χ0v) is 13.0. The van der Waals surface area contributed by atoms with Gasteiger partial charge in [0.2, 0.25) is 5.88 Å². The van der Waals surface area contributed by atoms with Crippen LogP contribution in [0, 0.1) is 6.92 Å². The summed E-state index contributed by atoms with van der Waals surface area (Å²) >= 11 is 5.95. The summed E-state index contributed by atoms with van der Waals surface area (Å²) in [4.78, 5) is 8.77. The van der Waals surface area contributed by atoms with Gasteiger partial charge < -0.3 is 4.74 Å². The first-order valence-electron chi connectivity index (χ1n) is 6.56. The normalized spacial score (nSPS) is 11.4. The minimum atomic E-state index is -0.0499. The molecule has 0 aliphatic heterocycles. The number of alkyl halides is 1. The van der Waals surface area contributed by atoms with E-state index in [0.29, 0.717) is 17.5 Å². The Morgan fingerprint density at radius 3 is 2.50 bits per heavy atom. The van der Waals surface area contributed by atoms with Gasteiger partial charge in [0.05, 0.1) is 11.9 Å². The number of aromatic nitrogens is 2. The van der Waals surface area contributed by atoms with Crippen molar-refractivity contribution in [2.24, 2.45) is 0 Å². The Bertz CT molecular complexity index is 588. The molecule has 0 saturated heterocycles. The maximum Gasteiger partial charge on any atom is 0.219 e. The summed E-state index contributed by atoms with van der Waals surface area (Å²) in [5.74, 6) is 1.67. The van der Waals surface area contributed by atoms with Gasteiger partial charge in [-0.15, -0.1) is 11.6 Å². The second-order valence-electron chi connectivity index (χ2n) is 5.82. The van der Waals surface area contributed by atoms with E-state index in [4.69, 9.17) is 16.3 Å². The van der Waals surface area contributed by atoms with Crippen molar-refractivity contribution >= 4 is 11.6 Å². The summed E-state index contributed by atoms with van der Waals surface area (Å²) in [7, 11) is 0. The van der Waals surface area contributed by atoms with Gasteiger partial charge in [0.25, 0.3) is 0 Å². The number of hydrogen-bond acceptors (Lipinski definition) is 3. The van der Waals surface area contributed by atoms with Gasteiger partial charge in [-0.25, -0.2) is 4.98 Å². The van der Waals surface area contributed by atoms with Gasteiger partial charge in [-0.1, -0.05) is 20.8 Å². The Labute approximate surface area is 125 Å². The van der Waals surface area contributed by atoms with E-state index in [-0.39, 0.29) is 5.41 Å². The molecule has 0 atom stereocenters. The lowest BCUT2D eigenvalue weighted by Gasteiger charge is -2.19. The zero-order chi connectivity index (χ0) is 14.8. The van der Waals surface area contributed by atoms with Crippen LogP contribution in [0.2, 0.25) is 0 Å². The number of rotatable bonds is 3. The van der Waals surface area contributed by atoms with Crippen molar-refractivity contribution in [1.29, 1.82) is 0 Å². The molecule has 0 aliphatic rings. The quantitative estimate of drug-likeness (QED) is 0.774. The maximum absolute atomic E-state index is 5.95. The molecule has 0 saturated carbocycles. The van der Waals surface area contributed by atoms with Crippen molar-refractivity contribution in [2.45, 2.75) is 39.0 Å². The summed E-state index contributed by atoms with van der Waals surface area (Å²) in [6, 6.07) is 7.68. The van der Waals surface area contributed by atoms with E-state index in [9.17, 15) is 0 Å². The number of ether oxygens (including phenoxy) is 1. The molecule has 0 aromatic carbocycles. The molecular formula is C16H19ClN2O. The van der Waals surface area contributed by atoms with E-state index in [1.54, 1.807) is 6.20 Å².